The van der Waals surface area contributed by atoms with Gasteiger partial charge in [-0.25, -0.2) is 4.98 Å². The third-order valence-corrected chi connectivity index (χ3v) is 2.25. The highest BCUT2D eigenvalue weighted by atomic mass is 19.1. The van der Waals surface area contributed by atoms with Crippen LogP contribution >= 0.6 is 0 Å². The van der Waals surface area contributed by atoms with Crippen LogP contribution in [0.5, 0.6) is 0 Å². The van der Waals surface area contributed by atoms with Crippen molar-refractivity contribution in [2.45, 2.75) is 6.42 Å². The molecule has 2 rings (SSSR count). The SMILES string of the molecule is N#CCc1ccc(Nc2ccnc(F)c2)cc1. The molecule has 1 N–H and O–H groups in total. The first kappa shape index (κ1) is 11.1. The van der Waals surface area contributed by atoms with Crippen molar-refractivity contribution in [2.75, 3.05) is 5.32 Å². The molecule has 3 nitrogen and oxygen atoms in total. The number of halogens is 1. The number of benzene rings is 1. The second-order valence-corrected chi connectivity index (χ2v) is 3.52. The molecular formula is C13H10FN3. The Morgan fingerprint density at radius 3 is 2.59 bits per heavy atom. The van der Waals surface area contributed by atoms with Crippen molar-refractivity contribution >= 4 is 11.4 Å². The van der Waals surface area contributed by atoms with Crippen LogP contribution in [0.25, 0.3) is 0 Å². The van der Waals surface area contributed by atoms with Crippen LogP contribution in [0.3, 0.4) is 0 Å². The van der Waals surface area contributed by atoms with E-state index in [9.17, 15) is 4.39 Å². The maximum atomic E-state index is 12.8. The van der Waals surface area contributed by atoms with Gasteiger partial charge in [-0.05, 0) is 23.8 Å². The van der Waals surface area contributed by atoms with Crippen LogP contribution in [0, 0.1) is 17.3 Å². The molecule has 0 fully saturated rings. The molecule has 0 aliphatic heterocycles. The first-order valence-electron chi connectivity index (χ1n) is 5.12. The molecule has 0 bridgehead atoms. The van der Waals surface area contributed by atoms with Gasteiger partial charge >= 0.3 is 0 Å². The summed E-state index contributed by atoms with van der Waals surface area (Å²) < 4.78 is 12.8. The molecule has 0 aliphatic carbocycles. The van der Waals surface area contributed by atoms with E-state index in [1.54, 1.807) is 6.07 Å². The van der Waals surface area contributed by atoms with Crippen molar-refractivity contribution in [3.8, 4) is 6.07 Å². The Labute approximate surface area is 98.5 Å². The average molecular weight is 227 g/mol. The minimum Gasteiger partial charge on any atom is -0.355 e. The standard InChI is InChI=1S/C13H10FN3/c14-13-9-12(6-8-16-13)17-11-3-1-10(2-4-11)5-7-15/h1-4,6,8-9H,5H2,(H,16,17). The summed E-state index contributed by atoms with van der Waals surface area (Å²) in [6, 6.07) is 12.5. The molecule has 1 aromatic heterocycles. The van der Waals surface area contributed by atoms with Gasteiger partial charge in [-0.2, -0.15) is 9.65 Å². The number of pyridine rings is 1. The maximum Gasteiger partial charge on any atom is 0.214 e. The molecule has 4 heteroatoms. The summed E-state index contributed by atoms with van der Waals surface area (Å²) in [7, 11) is 0. The van der Waals surface area contributed by atoms with Gasteiger partial charge in [0.2, 0.25) is 5.95 Å². The maximum absolute atomic E-state index is 12.8. The van der Waals surface area contributed by atoms with Crippen molar-refractivity contribution in [3.05, 3.63) is 54.1 Å². The predicted molar refractivity (Wildman–Crippen MR) is 63.2 cm³/mol. The minimum absolute atomic E-state index is 0.393. The van der Waals surface area contributed by atoms with Gasteiger partial charge in [-0.3, -0.25) is 0 Å². The first-order valence-corrected chi connectivity index (χ1v) is 5.12. The van der Waals surface area contributed by atoms with Crippen LogP contribution in [0.2, 0.25) is 0 Å². The largest absolute Gasteiger partial charge is 0.355 e. The van der Waals surface area contributed by atoms with Crippen molar-refractivity contribution in [1.82, 2.24) is 4.98 Å². The fourth-order valence-corrected chi connectivity index (χ4v) is 1.44. The fourth-order valence-electron chi connectivity index (χ4n) is 1.44. The summed E-state index contributed by atoms with van der Waals surface area (Å²) in [6.45, 7) is 0. The number of rotatable bonds is 3. The molecule has 0 aliphatic rings. The first-order chi connectivity index (χ1) is 8.28. The van der Waals surface area contributed by atoms with Gasteiger partial charge in [0.15, 0.2) is 0 Å². The van der Waals surface area contributed by atoms with E-state index in [0.717, 1.165) is 11.3 Å². The Balaban J connectivity index is 2.11. The zero-order valence-electron chi connectivity index (χ0n) is 9.02. The minimum atomic E-state index is -0.517. The smallest absolute Gasteiger partial charge is 0.214 e. The second kappa shape index (κ2) is 5.08. The Hall–Kier alpha value is -2.41. The van der Waals surface area contributed by atoms with E-state index >= 15 is 0 Å². The highest BCUT2D eigenvalue weighted by Gasteiger charge is 1.97. The fraction of sp³-hybridized carbons (Fsp3) is 0.0769. The molecule has 0 unspecified atom stereocenters. The highest BCUT2D eigenvalue weighted by Crippen LogP contribution is 2.17. The van der Waals surface area contributed by atoms with Gasteiger partial charge in [-0.1, -0.05) is 12.1 Å². The van der Waals surface area contributed by atoms with E-state index in [4.69, 9.17) is 5.26 Å². The number of hydrogen-bond acceptors (Lipinski definition) is 3. The van der Waals surface area contributed by atoms with Crippen LogP contribution < -0.4 is 5.32 Å². The summed E-state index contributed by atoms with van der Waals surface area (Å²) in [5.41, 5.74) is 2.45. The molecule has 0 amide bonds. The Morgan fingerprint density at radius 1 is 1.18 bits per heavy atom. The van der Waals surface area contributed by atoms with Gasteiger partial charge in [0.1, 0.15) is 0 Å². The van der Waals surface area contributed by atoms with Crippen molar-refractivity contribution in [3.63, 3.8) is 0 Å². The monoisotopic (exact) mass is 227 g/mol. The summed E-state index contributed by atoms with van der Waals surface area (Å²) >= 11 is 0. The van der Waals surface area contributed by atoms with E-state index in [2.05, 4.69) is 16.4 Å². The van der Waals surface area contributed by atoms with Gasteiger partial charge in [0.25, 0.3) is 0 Å². The molecule has 2 aromatic rings. The topological polar surface area (TPSA) is 48.7 Å². The lowest BCUT2D eigenvalue weighted by Crippen LogP contribution is -1.92. The van der Waals surface area contributed by atoms with Crippen LogP contribution in [0.4, 0.5) is 15.8 Å². The third kappa shape index (κ3) is 3.02. The zero-order chi connectivity index (χ0) is 12.1. The van der Waals surface area contributed by atoms with E-state index in [1.165, 1.54) is 12.3 Å². The average Bonchev–Trinajstić information content (AvgIpc) is 2.32. The quantitative estimate of drug-likeness (QED) is 0.820. The molecule has 0 radical (unpaired) electrons. The molecule has 0 saturated carbocycles. The number of nitrogens with one attached hydrogen (secondary N) is 1. The molecular weight excluding hydrogens is 217 g/mol. The van der Waals surface area contributed by atoms with E-state index in [-0.39, 0.29) is 0 Å². The van der Waals surface area contributed by atoms with E-state index < -0.39 is 5.95 Å². The van der Waals surface area contributed by atoms with E-state index in [1.807, 2.05) is 24.3 Å². The molecule has 84 valence electrons. The van der Waals surface area contributed by atoms with Crippen LogP contribution in [0.1, 0.15) is 5.56 Å². The molecule has 0 saturated heterocycles. The van der Waals surface area contributed by atoms with Crippen molar-refractivity contribution in [1.29, 1.82) is 5.26 Å². The molecule has 1 heterocycles. The van der Waals surface area contributed by atoms with Gasteiger partial charge in [0.05, 0.1) is 12.5 Å². The van der Waals surface area contributed by atoms with Crippen molar-refractivity contribution < 1.29 is 4.39 Å². The second-order valence-electron chi connectivity index (χ2n) is 3.52. The predicted octanol–water partition coefficient (Wildman–Crippen LogP) is 3.03. The zero-order valence-corrected chi connectivity index (χ0v) is 9.02. The van der Waals surface area contributed by atoms with Crippen LogP contribution in [-0.4, -0.2) is 4.98 Å². The van der Waals surface area contributed by atoms with E-state index in [0.29, 0.717) is 12.1 Å². The lowest BCUT2D eigenvalue weighted by atomic mass is 10.1. The third-order valence-electron chi connectivity index (χ3n) is 2.25. The number of nitrogens with zero attached hydrogens (tertiary/aromatic N) is 2. The van der Waals surface area contributed by atoms with Gasteiger partial charge in [-0.15, -0.1) is 0 Å². The molecule has 1 aromatic carbocycles. The number of aromatic nitrogens is 1. The summed E-state index contributed by atoms with van der Waals surface area (Å²) in [4.78, 5) is 3.48. The molecule has 0 atom stereocenters. The van der Waals surface area contributed by atoms with Gasteiger partial charge < -0.3 is 5.32 Å². The highest BCUT2D eigenvalue weighted by molar-refractivity contribution is 5.59. The Morgan fingerprint density at radius 2 is 1.94 bits per heavy atom. The Bertz CT molecular complexity index is 543. The number of nitriles is 1. The van der Waals surface area contributed by atoms with Crippen molar-refractivity contribution in [2.24, 2.45) is 0 Å². The van der Waals surface area contributed by atoms with Crippen LogP contribution in [0.15, 0.2) is 42.6 Å². The normalized spacial score (nSPS) is 9.65. The summed E-state index contributed by atoms with van der Waals surface area (Å²) in [5.74, 6) is -0.517. The molecule has 17 heavy (non-hydrogen) atoms. The Kier molecular flexibility index (Phi) is 3.31. The van der Waals surface area contributed by atoms with Crippen LogP contribution in [-0.2, 0) is 6.42 Å². The summed E-state index contributed by atoms with van der Waals surface area (Å²) in [6.07, 6.45) is 1.80. The summed E-state index contributed by atoms with van der Waals surface area (Å²) in [5, 5.41) is 11.6. The lowest BCUT2D eigenvalue weighted by molar-refractivity contribution is 0.584. The number of hydrogen-bond donors (Lipinski definition) is 1. The lowest BCUT2D eigenvalue weighted by Gasteiger charge is -2.06. The van der Waals surface area contributed by atoms with Gasteiger partial charge in [0, 0.05) is 23.6 Å². The molecule has 0 spiro atoms. The number of anilines is 2.